The van der Waals surface area contributed by atoms with Crippen LogP contribution >= 0.6 is 0 Å². The maximum atomic E-state index is 12.0. The Hall–Kier alpha value is -2.52. The van der Waals surface area contributed by atoms with Crippen molar-refractivity contribution in [2.45, 2.75) is 96.3 Å². The third-order valence-corrected chi connectivity index (χ3v) is 4.98. The highest BCUT2D eigenvalue weighted by Gasteiger charge is 2.03. The van der Waals surface area contributed by atoms with Crippen LogP contribution in [0.4, 0.5) is 0 Å². The van der Waals surface area contributed by atoms with Crippen LogP contribution in [0.15, 0.2) is 30.3 Å². The van der Waals surface area contributed by atoms with Crippen LogP contribution in [0.2, 0.25) is 0 Å². The molecule has 0 saturated carbocycles. The Bertz CT molecular complexity index is 713. The van der Waals surface area contributed by atoms with E-state index in [0.29, 0.717) is 12.8 Å². The number of carbonyl (C=O) groups is 2. The van der Waals surface area contributed by atoms with Gasteiger partial charge in [-0.3, -0.25) is 9.59 Å². The predicted molar refractivity (Wildman–Crippen MR) is 123 cm³/mol. The normalized spacial score (nSPS) is 9.87. The molecule has 1 aromatic rings. The zero-order chi connectivity index (χ0) is 21.7. The number of hydrogen-bond acceptors (Lipinski definition) is 2. The number of aliphatic carboxylic acids is 1. The third-order valence-electron chi connectivity index (χ3n) is 4.98. The molecule has 30 heavy (non-hydrogen) atoms. The fourth-order valence-electron chi connectivity index (χ4n) is 3.21. The second-order valence-electron chi connectivity index (χ2n) is 7.68. The van der Waals surface area contributed by atoms with Crippen molar-refractivity contribution in [2.75, 3.05) is 0 Å². The first-order valence-corrected chi connectivity index (χ1v) is 11.5. The molecule has 0 atom stereocenters. The minimum Gasteiger partial charge on any atom is -0.481 e. The maximum absolute atomic E-state index is 12.0. The van der Waals surface area contributed by atoms with Gasteiger partial charge in [0.25, 0.3) is 0 Å². The minimum atomic E-state index is -0.696. The molecule has 1 aromatic carbocycles. The van der Waals surface area contributed by atoms with Gasteiger partial charge >= 0.3 is 5.97 Å². The Morgan fingerprint density at radius 1 is 0.633 bits per heavy atom. The highest BCUT2D eigenvalue weighted by Crippen LogP contribution is 2.11. The average Bonchev–Trinajstić information content (AvgIpc) is 2.75. The largest absolute Gasteiger partial charge is 0.481 e. The molecule has 0 aliphatic carbocycles. The molecule has 1 rings (SSSR count). The Morgan fingerprint density at radius 2 is 1.10 bits per heavy atom. The molecular weight excluding hydrogens is 372 g/mol. The van der Waals surface area contributed by atoms with Crippen molar-refractivity contribution in [1.82, 2.24) is 0 Å². The molecule has 0 aliphatic rings. The Balaban J connectivity index is 1.87. The van der Waals surface area contributed by atoms with Gasteiger partial charge in [-0.25, -0.2) is 0 Å². The van der Waals surface area contributed by atoms with Crippen molar-refractivity contribution in [3.63, 3.8) is 0 Å². The van der Waals surface area contributed by atoms with E-state index in [2.05, 4.69) is 23.7 Å². The molecule has 0 saturated heterocycles. The van der Waals surface area contributed by atoms with Crippen molar-refractivity contribution in [3.05, 3.63) is 35.9 Å². The summed E-state index contributed by atoms with van der Waals surface area (Å²) in [6.45, 7) is 0. The molecule has 0 unspecified atom stereocenters. The summed E-state index contributed by atoms with van der Waals surface area (Å²) < 4.78 is 0. The molecule has 162 valence electrons. The standard InChI is InChI=1S/C27H36O3/c28-26(25-21-17-16-18-22-25)23-19-14-12-10-8-6-4-2-1-3-5-7-9-11-13-15-20-24-27(29)30/h16-18,21-22H,5-15,19-20,23-24H2,(H,29,30). The van der Waals surface area contributed by atoms with Gasteiger partial charge in [0.1, 0.15) is 0 Å². The van der Waals surface area contributed by atoms with Crippen molar-refractivity contribution < 1.29 is 14.7 Å². The lowest BCUT2D eigenvalue weighted by Gasteiger charge is -2.01. The van der Waals surface area contributed by atoms with Gasteiger partial charge in [0.2, 0.25) is 0 Å². The topological polar surface area (TPSA) is 54.4 Å². The second-order valence-corrected chi connectivity index (χ2v) is 7.68. The molecule has 3 nitrogen and oxygen atoms in total. The van der Waals surface area contributed by atoms with Gasteiger partial charge in [-0.1, -0.05) is 87.1 Å². The van der Waals surface area contributed by atoms with E-state index in [4.69, 9.17) is 5.11 Å². The zero-order valence-electron chi connectivity index (χ0n) is 18.3. The molecule has 1 N–H and O–H groups in total. The lowest BCUT2D eigenvalue weighted by molar-refractivity contribution is -0.137. The lowest BCUT2D eigenvalue weighted by Crippen LogP contribution is -1.98. The molecule has 0 heterocycles. The molecule has 0 bridgehead atoms. The van der Waals surface area contributed by atoms with E-state index in [9.17, 15) is 9.59 Å². The van der Waals surface area contributed by atoms with E-state index in [1.165, 1.54) is 0 Å². The quantitative estimate of drug-likeness (QED) is 0.186. The molecule has 0 aromatic heterocycles. The summed E-state index contributed by atoms with van der Waals surface area (Å²) in [5, 5.41) is 8.56. The van der Waals surface area contributed by atoms with Gasteiger partial charge in [0, 0.05) is 31.2 Å². The van der Waals surface area contributed by atoms with E-state index in [1.807, 2.05) is 30.3 Å². The Labute approximate surface area is 182 Å². The number of carbonyl (C=O) groups excluding carboxylic acids is 1. The molecule has 0 radical (unpaired) electrons. The fourth-order valence-corrected chi connectivity index (χ4v) is 3.21. The molecular formula is C27H36O3. The van der Waals surface area contributed by atoms with Gasteiger partial charge in [-0.15, -0.1) is 0 Å². The summed E-state index contributed by atoms with van der Waals surface area (Å²) in [6.07, 6.45) is 14.5. The van der Waals surface area contributed by atoms with Gasteiger partial charge in [0.05, 0.1) is 0 Å². The van der Waals surface area contributed by atoms with Crippen LogP contribution < -0.4 is 0 Å². The summed E-state index contributed by atoms with van der Waals surface area (Å²) in [5.41, 5.74) is 0.821. The smallest absolute Gasteiger partial charge is 0.303 e. The molecule has 3 heteroatoms. The summed E-state index contributed by atoms with van der Waals surface area (Å²) in [4.78, 5) is 22.4. The molecule has 0 spiro atoms. The predicted octanol–water partition coefficient (Wildman–Crippen LogP) is 6.81. The Morgan fingerprint density at radius 3 is 1.63 bits per heavy atom. The number of hydrogen-bond donors (Lipinski definition) is 1. The molecule has 0 fully saturated rings. The van der Waals surface area contributed by atoms with E-state index in [-0.39, 0.29) is 5.78 Å². The third kappa shape index (κ3) is 15.4. The highest BCUT2D eigenvalue weighted by molar-refractivity contribution is 5.95. The number of rotatable bonds is 16. The van der Waals surface area contributed by atoms with Crippen LogP contribution in [-0.2, 0) is 4.79 Å². The van der Waals surface area contributed by atoms with Crippen LogP contribution in [-0.4, -0.2) is 16.9 Å². The van der Waals surface area contributed by atoms with E-state index >= 15 is 0 Å². The van der Waals surface area contributed by atoms with Gasteiger partial charge in [-0.05, 0) is 37.5 Å². The van der Waals surface area contributed by atoms with Crippen molar-refractivity contribution in [2.24, 2.45) is 0 Å². The van der Waals surface area contributed by atoms with Crippen molar-refractivity contribution in [3.8, 4) is 23.7 Å². The number of carboxylic acid groups (broad SMARTS) is 1. The van der Waals surface area contributed by atoms with Gasteiger partial charge < -0.3 is 5.11 Å². The zero-order valence-corrected chi connectivity index (χ0v) is 18.3. The van der Waals surface area contributed by atoms with Gasteiger partial charge in [-0.2, -0.15) is 0 Å². The van der Waals surface area contributed by atoms with Crippen LogP contribution in [0.5, 0.6) is 0 Å². The highest BCUT2D eigenvalue weighted by atomic mass is 16.4. The fraction of sp³-hybridized carbons (Fsp3) is 0.556. The lowest BCUT2D eigenvalue weighted by atomic mass is 10.0. The van der Waals surface area contributed by atoms with Crippen molar-refractivity contribution in [1.29, 1.82) is 0 Å². The van der Waals surface area contributed by atoms with Crippen LogP contribution in [0.25, 0.3) is 0 Å². The maximum Gasteiger partial charge on any atom is 0.303 e. The second kappa shape index (κ2) is 18.5. The first kappa shape index (κ1) is 25.5. The SMILES string of the molecule is O=C(O)CCCCCCCCC#CC#CCCCCCCCC(=O)c1ccccc1. The average molecular weight is 409 g/mol. The van der Waals surface area contributed by atoms with E-state index in [1.54, 1.807) is 0 Å². The molecule has 0 aliphatic heterocycles. The number of ketones is 1. The first-order valence-electron chi connectivity index (χ1n) is 11.5. The number of carboxylic acids is 1. The van der Waals surface area contributed by atoms with Crippen molar-refractivity contribution >= 4 is 11.8 Å². The minimum absolute atomic E-state index is 0.246. The monoisotopic (exact) mass is 408 g/mol. The first-order chi connectivity index (χ1) is 14.7. The molecule has 0 amide bonds. The summed E-state index contributed by atoms with van der Waals surface area (Å²) in [5.74, 6) is 11.7. The summed E-state index contributed by atoms with van der Waals surface area (Å²) in [6, 6.07) is 9.53. The number of benzene rings is 1. The summed E-state index contributed by atoms with van der Waals surface area (Å²) >= 11 is 0. The Kier molecular flexibility index (Phi) is 15.7. The van der Waals surface area contributed by atoms with Gasteiger partial charge in [0.15, 0.2) is 5.78 Å². The van der Waals surface area contributed by atoms with Crippen LogP contribution in [0.1, 0.15) is 107 Å². The van der Waals surface area contributed by atoms with Crippen LogP contribution in [0.3, 0.4) is 0 Å². The van der Waals surface area contributed by atoms with E-state index in [0.717, 1.165) is 89.0 Å². The summed E-state index contributed by atoms with van der Waals surface area (Å²) in [7, 11) is 0. The van der Waals surface area contributed by atoms with Crippen LogP contribution in [0, 0.1) is 23.7 Å². The number of Topliss-reactive ketones (excluding diaryl/α,β-unsaturated/α-hetero) is 1. The van der Waals surface area contributed by atoms with E-state index < -0.39 is 5.97 Å². The number of unbranched alkanes of at least 4 members (excludes halogenated alkanes) is 11.